The fourth-order valence-electron chi connectivity index (χ4n) is 1.27. The lowest BCUT2D eigenvalue weighted by Crippen LogP contribution is -2.30. The Labute approximate surface area is 89.1 Å². The molecule has 0 radical (unpaired) electrons. The highest BCUT2D eigenvalue weighted by Gasteiger charge is 2.20. The van der Waals surface area contributed by atoms with Crippen molar-refractivity contribution in [3.05, 3.63) is 35.9 Å². The maximum Gasteiger partial charge on any atom is 0.277 e. The lowest BCUT2D eigenvalue weighted by molar-refractivity contribution is -0.143. The molecule has 0 fully saturated rings. The zero-order valence-corrected chi connectivity index (χ0v) is 8.90. The van der Waals surface area contributed by atoms with Gasteiger partial charge in [0.15, 0.2) is 6.10 Å². The lowest BCUT2D eigenvalue weighted by atomic mass is 10.1. The van der Waals surface area contributed by atoms with Gasteiger partial charge < -0.3 is 4.74 Å². The van der Waals surface area contributed by atoms with Crippen LogP contribution < -0.4 is 5.48 Å². The van der Waals surface area contributed by atoms with E-state index in [0.29, 0.717) is 6.61 Å². The lowest BCUT2D eigenvalue weighted by Gasteiger charge is -2.15. The zero-order valence-electron chi connectivity index (χ0n) is 8.90. The molecule has 4 nitrogen and oxygen atoms in total. The van der Waals surface area contributed by atoms with Crippen LogP contribution in [0.1, 0.15) is 18.6 Å². The number of hydrogen-bond donors (Lipinski definition) is 1. The van der Waals surface area contributed by atoms with E-state index >= 15 is 0 Å². The number of carbonyl (C=O) groups excluding carboxylic acids is 1. The van der Waals surface area contributed by atoms with Crippen molar-refractivity contribution in [2.75, 3.05) is 13.7 Å². The standard InChI is InChI=1S/C11H15NO3/c1-3-15-10(11(13)12-14-2)9-7-5-4-6-8-9/h4-8,10H,3H2,1-2H3,(H,12,13). The molecule has 0 heterocycles. The number of rotatable bonds is 5. The van der Waals surface area contributed by atoms with Crippen LogP contribution in [0, 0.1) is 0 Å². The second kappa shape index (κ2) is 6.16. The van der Waals surface area contributed by atoms with E-state index in [-0.39, 0.29) is 5.91 Å². The molecule has 15 heavy (non-hydrogen) atoms. The summed E-state index contributed by atoms with van der Waals surface area (Å²) in [6.45, 7) is 2.31. The van der Waals surface area contributed by atoms with Gasteiger partial charge in [0.2, 0.25) is 0 Å². The largest absolute Gasteiger partial charge is 0.364 e. The highest BCUT2D eigenvalue weighted by Crippen LogP contribution is 2.16. The van der Waals surface area contributed by atoms with Crippen molar-refractivity contribution in [1.29, 1.82) is 0 Å². The molecule has 82 valence electrons. The summed E-state index contributed by atoms with van der Waals surface area (Å²) >= 11 is 0. The molecule has 0 saturated heterocycles. The maximum atomic E-state index is 11.6. The number of ether oxygens (including phenoxy) is 1. The predicted molar refractivity (Wildman–Crippen MR) is 56.0 cm³/mol. The summed E-state index contributed by atoms with van der Waals surface area (Å²) in [5.74, 6) is -0.300. The van der Waals surface area contributed by atoms with Gasteiger partial charge >= 0.3 is 0 Å². The Morgan fingerprint density at radius 1 is 1.40 bits per heavy atom. The number of carbonyl (C=O) groups is 1. The molecule has 1 amide bonds. The molecule has 1 rings (SSSR count). The van der Waals surface area contributed by atoms with Gasteiger partial charge in [-0.2, -0.15) is 0 Å². The molecular weight excluding hydrogens is 194 g/mol. The Bertz CT molecular complexity index is 300. The van der Waals surface area contributed by atoms with Gasteiger partial charge in [-0.05, 0) is 12.5 Å². The van der Waals surface area contributed by atoms with Crippen molar-refractivity contribution in [2.45, 2.75) is 13.0 Å². The Kier molecular flexibility index (Phi) is 4.80. The summed E-state index contributed by atoms with van der Waals surface area (Å²) in [5.41, 5.74) is 3.08. The monoisotopic (exact) mass is 209 g/mol. The quantitative estimate of drug-likeness (QED) is 0.746. The smallest absolute Gasteiger partial charge is 0.277 e. The van der Waals surface area contributed by atoms with E-state index in [0.717, 1.165) is 5.56 Å². The molecule has 1 atom stereocenters. The van der Waals surface area contributed by atoms with Crippen molar-refractivity contribution in [1.82, 2.24) is 5.48 Å². The Hall–Kier alpha value is -1.39. The van der Waals surface area contributed by atoms with Crippen LogP contribution >= 0.6 is 0 Å². The van der Waals surface area contributed by atoms with E-state index in [1.807, 2.05) is 37.3 Å². The van der Waals surface area contributed by atoms with Crippen molar-refractivity contribution in [3.8, 4) is 0 Å². The summed E-state index contributed by atoms with van der Waals surface area (Å²) in [5, 5.41) is 0. The highest BCUT2D eigenvalue weighted by molar-refractivity contribution is 5.81. The first-order chi connectivity index (χ1) is 7.29. The van der Waals surface area contributed by atoms with Crippen LogP contribution in [0.5, 0.6) is 0 Å². The SMILES string of the molecule is CCOC(C(=O)NOC)c1ccccc1. The normalized spacial score (nSPS) is 12.1. The third-order valence-corrected chi connectivity index (χ3v) is 1.88. The van der Waals surface area contributed by atoms with Gasteiger partial charge in [0.1, 0.15) is 0 Å². The number of amides is 1. The third kappa shape index (κ3) is 3.34. The predicted octanol–water partition coefficient (Wildman–Crippen LogP) is 1.44. The molecule has 0 aliphatic rings. The first-order valence-corrected chi connectivity index (χ1v) is 4.79. The molecule has 1 unspecified atom stereocenters. The molecule has 0 saturated carbocycles. The summed E-state index contributed by atoms with van der Waals surface area (Å²) in [7, 11) is 1.39. The van der Waals surface area contributed by atoms with Crippen molar-refractivity contribution in [2.24, 2.45) is 0 Å². The van der Waals surface area contributed by atoms with Gasteiger partial charge in [-0.1, -0.05) is 30.3 Å². The average molecular weight is 209 g/mol. The van der Waals surface area contributed by atoms with Crippen LogP contribution in [0.4, 0.5) is 0 Å². The van der Waals surface area contributed by atoms with Crippen LogP contribution in [-0.2, 0) is 14.4 Å². The minimum atomic E-state index is -0.615. The molecule has 0 spiro atoms. The van der Waals surface area contributed by atoms with E-state index in [1.54, 1.807) is 0 Å². The summed E-state index contributed by atoms with van der Waals surface area (Å²) < 4.78 is 5.35. The number of benzene rings is 1. The van der Waals surface area contributed by atoms with Crippen LogP contribution in [0.25, 0.3) is 0 Å². The number of hydroxylamine groups is 1. The average Bonchev–Trinajstić information content (AvgIpc) is 2.27. The molecule has 1 N–H and O–H groups in total. The molecule has 0 aliphatic carbocycles. The van der Waals surface area contributed by atoms with Crippen molar-refractivity contribution < 1.29 is 14.4 Å². The maximum absolute atomic E-state index is 11.6. The highest BCUT2D eigenvalue weighted by atomic mass is 16.6. The van der Waals surface area contributed by atoms with Crippen LogP contribution in [0.2, 0.25) is 0 Å². The van der Waals surface area contributed by atoms with Crippen molar-refractivity contribution in [3.63, 3.8) is 0 Å². The summed E-state index contributed by atoms with van der Waals surface area (Å²) in [6, 6.07) is 9.30. The first kappa shape index (κ1) is 11.7. The number of nitrogens with one attached hydrogen (secondary N) is 1. The van der Waals surface area contributed by atoms with E-state index in [1.165, 1.54) is 7.11 Å². The minimum absolute atomic E-state index is 0.300. The van der Waals surface area contributed by atoms with Crippen LogP contribution in [-0.4, -0.2) is 19.6 Å². The van der Waals surface area contributed by atoms with Crippen molar-refractivity contribution >= 4 is 5.91 Å². The number of hydrogen-bond acceptors (Lipinski definition) is 3. The van der Waals surface area contributed by atoms with Gasteiger partial charge in [-0.3, -0.25) is 9.63 Å². The van der Waals surface area contributed by atoms with E-state index in [9.17, 15) is 4.79 Å². The van der Waals surface area contributed by atoms with Crippen LogP contribution in [0.3, 0.4) is 0 Å². The molecule has 0 aromatic heterocycles. The van der Waals surface area contributed by atoms with Gasteiger partial charge in [-0.15, -0.1) is 0 Å². The van der Waals surface area contributed by atoms with Crippen LogP contribution in [0.15, 0.2) is 30.3 Å². The topological polar surface area (TPSA) is 47.6 Å². The fraction of sp³-hybridized carbons (Fsp3) is 0.364. The fourth-order valence-corrected chi connectivity index (χ4v) is 1.27. The van der Waals surface area contributed by atoms with E-state index in [4.69, 9.17) is 4.74 Å². The minimum Gasteiger partial charge on any atom is -0.364 e. The second-order valence-corrected chi connectivity index (χ2v) is 2.92. The molecular formula is C11H15NO3. The van der Waals surface area contributed by atoms with E-state index < -0.39 is 6.10 Å². The Morgan fingerprint density at radius 2 is 2.07 bits per heavy atom. The van der Waals surface area contributed by atoms with E-state index in [2.05, 4.69) is 10.3 Å². The zero-order chi connectivity index (χ0) is 11.1. The third-order valence-electron chi connectivity index (χ3n) is 1.88. The Morgan fingerprint density at radius 3 is 2.60 bits per heavy atom. The summed E-state index contributed by atoms with van der Waals surface area (Å²) in [6.07, 6.45) is -0.615. The molecule has 0 bridgehead atoms. The summed E-state index contributed by atoms with van der Waals surface area (Å²) in [4.78, 5) is 16.1. The molecule has 4 heteroatoms. The molecule has 1 aromatic carbocycles. The van der Waals surface area contributed by atoms with Gasteiger partial charge in [0, 0.05) is 6.61 Å². The molecule has 0 aliphatic heterocycles. The molecule has 1 aromatic rings. The second-order valence-electron chi connectivity index (χ2n) is 2.92. The van der Waals surface area contributed by atoms with Gasteiger partial charge in [-0.25, -0.2) is 5.48 Å². The van der Waals surface area contributed by atoms with Gasteiger partial charge in [0.05, 0.1) is 7.11 Å². The van der Waals surface area contributed by atoms with Gasteiger partial charge in [0.25, 0.3) is 5.91 Å². The first-order valence-electron chi connectivity index (χ1n) is 4.79. The Balaban J connectivity index is 2.78.